The van der Waals surface area contributed by atoms with Gasteiger partial charge in [-0.25, -0.2) is 0 Å². The lowest BCUT2D eigenvalue weighted by atomic mass is 9.90. The molecule has 100 valence electrons. The van der Waals surface area contributed by atoms with Gasteiger partial charge in [-0.15, -0.1) is 0 Å². The molecule has 0 aromatic heterocycles. The summed E-state index contributed by atoms with van der Waals surface area (Å²) in [6, 6.07) is 9.67. The highest BCUT2D eigenvalue weighted by Crippen LogP contribution is 2.26. The summed E-state index contributed by atoms with van der Waals surface area (Å²) >= 11 is 0. The molecular weight excluding hydrogens is 220 g/mol. The first-order valence-electron chi connectivity index (χ1n) is 7.16. The lowest BCUT2D eigenvalue weighted by molar-refractivity contribution is 0.251. The van der Waals surface area contributed by atoms with Gasteiger partial charge in [-0.3, -0.25) is 0 Å². The maximum Gasteiger partial charge on any atom is 0.0207 e. The van der Waals surface area contributed by atoms with Crippen LogP contribution < -0.4 is 5.32 Å². The molecule has 18 heavy (non-hydrogen) atoms. The number of hydrogen-bond donors (Lipinski definition) is 1. The van der Waals surface area contributed by atoms with Gasteiger partial charge in [-0.1, -0.05) is 38.1 Å². The normalized spacial score (nSPS) is 21.4. The molecule has 1 aliphatic heterocycles. The maximum absolute atomic E-state index is 3.49. The third kappa shape index (κ3) is 3.82. The van der Waals surface area contributed by atoms with Gasteiger partial charge in [0.2, 0.25) is 0 Å². The molecule has 2 rings (SSSR count). The van der Waals surface area contributed by atoms with E-state index in [9.17, 15) is 0 Å². The summed E-state index contributed by atoms with van der Waals surface area (Å²) in [4.78, 5) is 2.45. The van der Waals surface area contributed by atoms with Crippen molar-refractivity contribution in [2.24, 2.45) is 0 Å². The number of nitrogens with zero attached hydrogens (tertiary/aromatic N) is 1. The fraction of sp³-hybridized carbons (Fsp3) is 0.625. The molecule has 1 unspecified atom stereocenters. The molecule has 2 nitrogen and oxygen atoms in total. The van der Waals surface area contributed by atoms with Crippen LogP contribution in [0.25, 0.3) is 0 Å². The second-order valence-electron chi connectivity index (χ2n) is 5.88. The lowest BCUT2D eigenvalue weighted by Crippen LogP contribution is -2.30. The summed E-state index contributed by atoms with van der Waals surface area (Å²) in [6.07, 6.45) is 2.67. The third-order valence-corrected chi connectivity index (χ3v) is 3.76. The van der Waals surface area contributed by atoms with Gasteiger partial charge >= 0.3 is 0 Å². The van der Waals surface area contributed by atoms with Crippen molar-refractivity contribution >= 4 is 0 Å². The highest BCUT2D eigenvalue weighted by atomic mass is 15.1. The van der Waals surface area contributed by atoms with Crippen LogP contribution in [0.3, 0.4) is 0 Å². The van der Waals surface area contributed by atoms with E-state index in [-0.39, 0.29) is 0 Å². The number of rotatable bonds is 4. The molecule has 0 saturated carbocycles. The van der Waals surface area contributed by atoms with Gasteiger partial charge in [-0.2, -0.15) is 0 Å². The minimum absolute atomic E-state index is 0.550. The summed E-state index contributed by atoms with van der Waals surface area (Å²) in [5.74, 6) is 0.725. The largest absolute Gasteiger partial charge is 0.310 e. The lowest BCUT2D eigenvalue weighted by Gasteiger charge is -2.30. The number of hydrogen-bond acceptors (Lipinski definition) is 2. The van der Waals surface area contributed by atoms with Crippen molar-refractivity contribution in [1.29, 1.82) is 0 Å². The molecular formula is C16H26N2. The average molecular weight is 246 g/mol. The molecule has 1 saturated heterocycles. The van der Waals surface area contributed by atoms with Crippen LogP contribution in [0.2, 0.25) is 0 Å². The van der Waals surface area contributed by atoms with E-state index in [1.165, 1.54) is 37.1 Å². The Kier molecular flexibility index (Phi) is 4.79. The van der Waals surface area contributed by atoms with E-state index in [0.717, 1.165) is 12.5 Å². The molecule has 0 amide bonds. The molecule has 1 aromatic rings. The minimum Gasteiger partial charge on any atom is -0.310 e. The Hall–Kier alpha value is -0.860. The first-order valence-corrected chi connectivity index (χ1v) is 7.16. The number of likely N-dealkylation sites (tertiary alicyclic amines) is 1. The van der Waals surface area contributed by atoms with Crippen LogP contribution in [0.4, 0.5) is 0 Å². The van der Waals surface area contributed by atoms with Crippen LogP contribution in [0.1, 0.15) is 43.7 Å². The molecule has 1 N–H and O–H groups in total. The smallest absolute Gasteiger partial charge is 0.0207 e. The van der Waals surface area contributed by atoms with Crippen LogP contribution >= 0.6 is 0 Å². The number of nitrogens with one attached hydrogen (secondary N) is 1. The SMILES string of the molecule is CC(C)NCc1cccc(C2CCCN(C)C2)c1. The summed E-state index contributed by atoms with van der Waals surface area (Å²) in [6.45, 7) is 7.83. The highest BCUT2D eigenvalue weighted by Gasteiger charge is 2.18. The Morgan fingerprint density at radius 3 is 2.94 bits per heavy atom. The predicted octanol–water partition coefficient (Wildman–Crippen LogP) is 2.99. The molecule has 0 aliphatic carbocycles. The fourth-order valence-electron chi connectivity index (χ4n) is 2.72. The fourth-order valence-corrected chi connectivity index (χ4v) is 2.72. The minimum atomic E-state index is 0.550. The topological polar surface area (TPSA) is 15.3 Å². The monoisotopic (exact) mass is 246 g/mol. The van der Waals surface area contributed by atoms with E-state index < -0.39 is 0 Å². The van der Waals surface area contributed by atoms with Crippen molar-refractivity contribution in [2.45, 2.75) is 45.2 Å². The highest BCUT2D eigenvalue weighted by molar-refractivity contribution is 5.27. The number of piperidine rings is 1. The molecule has 1 heterocycles. The van der Waals surface area contributed by atoms with Crippen molar-refractivity contribution in [3.8, 4) is 0 Å². The number of likely N-dealkylation sites (N-methyl/N-ethyl adjacent to an activating group) is 1. The van der Waals surface area contributed by atoms with Gasteiger partial charge in [-0.05, 0) is 43.5 Å². The van der Waals surface area contributed by atoms with E-state index in [1.54, 1.807) is 0 Å². The Balaban J connectivity index is 2.02. The Bertz CT molecular complexity index is 373. The van der Waals surface area contributed by atoms with Gasteiger partial charge in [0, 0.05) is 19.1 Å². The molecule has 0 bridgehead atoms. The summed E-state index contributed by atoms with van der Waals surface area (Å²) in [7, 11) is 2.23. The second-order valence-corrected chi connectivity index (χ2v) is 5.88. The van der Waals surface area contributed by atoms with Crippen LogP contribution in [-0.2, 0) is 6.54 Å². The van der Waals surface area contributed by atoms with E-state index in [4.69, 9.17) is 0 Å². The van der Waals surface area contributed by atoms with Gasteiger partial charge in [0.15, 0.2) is 0 Å². The quantitative estimate of drug-likeness (QED) is 0.878. The van der Waals surface area contributed by atoms with Gasteiger partial charge in [0.1, 0.15) is 0 Å². The van der Waals surface area contributed by atoms with Crippen LogP contribution in [0.15, 0.2) is 24.3 Å². The summed E-state index contributed by atoms with van der Waals surface area (Å²) < 4.78 is 0. The first-order chi connectivity index (χ1) is 8.65. The van der Waals surface area contributed by atoms with Gasteiger partial charge in [0.25, 0.3) is 0 Å². The Labute approximate surface area is 111 Å². The average Bonchev–Trinajstić information content (AvgIpc) is 2.37. The Morgan fingerprint density at radius 1 is 1.39 bits per heavy atom. The van der Waals surface area contributed by atoms with Crippen molar-refractivity contribution in [3.05, 3.63) is 35.4 Å². The molecule has 1 aromatic carbocycles. The van der Waals surface area contributed by atoms with Crippen LogP contribution in [-0.4, -0.2) is 31.1 Å². The zero-order valence-corrected chi connectivity index (χ0v) is 11.9. The number of benzene rings is 1. The van der Waals surface area contributed by atoms with E-state index in [0.29, 0.717) is 6.04 Å². The maximum atomic E-state index is 3.49. The van der Waals surface area contributed by atoms with Crippen molar-refractivity contribution in [2.75, 3.05) is 20.1 Å². The van der Waals surface area contributed by atoms with Crippen LogP contribution in [0.5, 0.6) is 0 Å². The zero-order valence-electron chi connectivity index (χ0n) is 11.9. The predicted molar refractivity (Wildman–Crippen MR) is 77.9 cm³/mol. The second kappa shape index (κ2) is 6.35. The Morgan fingerprint density at radius 2 is 2.22 bits per heavy atom. The van der Waals surface area contributed by atoms with Gasteiger partial charge in [0.05, 0.1) is 0 Å². The molecule has 2 heteroatoms. The van der Waals surface area contributed by atoms with Crippen molar-refractivity contribution in [1.82, 2.24) is 10.2 Å². The summed E-state index contributed by atoms with van der Waals surface area (Å²) in [5, 5.41) is 3.49. The molecule has 0 radical (unpaired) electrons. The standard InChI is InChI=1S/C16H26N2/c1-13(2)17-11-14-6-4-7-15(10-14)16-8-5-9-18(3)12-16/h4,6-7,10,13,16-17H,5,8-9,11-12H2,1-3H3. The van der Waals surface area contributed by atoms with Gasteiger partial charge < -0.3 is 10.2 Å². The van der Waals surface area contributed by atoms with E-state index >= 15 is 0 Å². The molecule has 0 spiro atoms. The zero-order chi connectivity index (χ0) is 13.0. The molecule has 1 atom stereocenters. The molecule has 1 aliphatic rings. The third-order valence-electron chi connectivity index (χ3n) is 3.76. The van der Waals surface area contributed by atoms with E-state index in [1.807, 2.05) is 0 Å². The summed E-state index contributed by atoms with van der Waals surface area (Å²) in [5.41, 5.74) is 2.93. The van der Waals surface area contributed by atoms with E-state index in [2.05, 4.69) is 55.4 Å². The van der Waals surface area contributed by atoms with Crippen molar-refractivity contribution in [3.63, 3.8) is 0 Å². The molecule has 1 fully saturated rings. The van der Waals surface area contributed by atoms with Crippen LogP contribution in [0, 0.1) is 0 Å². The van der Waals surface area contributed by atoms with Crippen molar-refractivity contribution < 1.29 is 0 Å². The first kappa shape index (κ1) is 13.6.